The van der Waals surface area contributed by atoms with E-state index < -0.39 is 23.9 Å². The van der Waals surface area contributed by atoms with Crippen molar-refractivity contribution in [1.82, 2.24) is 15.0 Å². The molecule has 2 aromatic rings. The van der Waals surface area contributed by atoms with Crippen molar-refractivity contribution in [3.05, 3.63) is 35.5 Å². The zero-order chi connectivity index (χ0) is 19.6. The fourth-order valence-corrected chi connectivity index (χ4v) is 2.90. The number of aromatic nitrogens is 2. The lowest BCUT2D eigenvalue weighted by molar-refractivity contribution is -0.0451. The van der Waals surface area contributed by atoms with Crippen LogP contribution in [0.25, 0.3) is 11.4 Å². The first-order valence-electron chi connectivity index (χ1n) is 8.42. The van der Waals surface area contributed by atoms with Crippen LogP contribution in [-0.4, -0.2) is 51.3 Å². The van der Waals surface area contributed by atoms with Crippen LogP contribution in [0.2, 0.25) is 0 Å². The molecule has 1 unspecified atom stereocenters. The largest absolute Gasteiger partial charge is 0.465 e. The molecule has 1 saturated heterocycles. The number of carboxylic acid groups (broad SMARTS) is 1. The molecule has 1 aromatic carbocycles. The minimum absolute atomic E-state index is 0.113. The summed E-state index contributed by atoms with van der Waals surface area (Å²) in [5.41, 5.74) is 5.21. The van der Waals surface area contributed by atoms with Crippen molar-refractivity contribution in [2.24, 2.45) is 5.73 Å². The first-order valence-corrected chi connectivity index (χ1v) is 8.42. The van der Waals surface area contributed by atoms with Crippen LogP contribution in [0.4, 0.5) is 9.18 Å². The molecule has 9 nitrogen and oxygen atoms in total. The van der Waals surface area contributed by atoms with Gasteiger partial charge < -0.3 is 25.0 Å². The van der Waals surface area contributed by atoms with Gasteiger partial charge in [-0.05, 0) is 31.9 Å². The minimum atomic E-state index is -0.933. The second-order valence-electron chi connectivity index (χ2n) is 6.26. The molecule has 1 atom stereocenters. The van der Waals surface area contributed by atoms with E-state index in [9.17, 15) is 14.0 Å². The van der Waals surface area contributed by atoms with E-state index in [4.69, 9.17) is 20.1 Å². The number of halogens is 1. The van der Waals surface area contributed by atoms with E-state index in [0.717, 1.165) is 6.07 Å². The summed E-state index contributed by atoms with van der Waals surface area (Å²) in [7, 11) is 0. The molecule has 0 radical (unpaired) electrons. The summed E-state index contributed by atoms with van der Waals surface area (Å²) in [5, 5.41) is 12.8. The highest BCUT2D eigenvalue weighted by atomic mass is 19.1. The number of ether oxygens (including phenoxy) is 1. The lowest BCUT2D eigenvalue weighted by Crippen LogP contribution is -2.40. The summed E-state index contributed by atoms with van der Waals surface area (Å²) >= 11 is 0. The number of hydrogen-bond acceptors (Lipinski definition) is 6. The maximum Gasteiger partial charge on any atom is 0.407 e. The predicted octanol–water partition coefficient (Wildman–Crippen LogP) is 2.19. The molecule has 1 aliphatic rings. The lowest BCUT2D eigenvalue weighted by Gasteiger charge is -2.30. The van der Waals surface area contributed by atoms with Crippen molar-refractivity contribution in [3.63, 3.8) is 0 Å². The summed E-state index contributed by atoms with van der Waals surface area (Å²) in [4.78, 5) is 27.6. The number of primary amides is 1. The SMILES string of the molecule is CC(OC1CCN(C(=O)O)CC1)c1nc(-c2ccc(C(N)=O)c(F)c2)no1. The predicted molar refractivity (Wildman–Crippen MR) is 90.3 cm³/mol. The summed E-state index contributed by atoms with van der Waals surface area (Å²) in [5.74, 6) is -1.23. The van der Waals surface area contributed by atoms with Crippen molar-refractivity contribution in [2.75, 3.05) is 13.1 Å². The van der Waals surface area contributed by atoms with Crippen LogP contribution < -0.4 is 5.73 Å². The molecule has 0 spiro atoms. The van der Waals surface area contributed by atoms with Crippen LogP contribution in [0.15, 0.2) is 22.7 Å². The Morgan fingerprint density at radius 1 is 1.41 bits per heavy atom. The van der Waals surface area contributed by atoms with Gasteiger partial charge in [0.1, 0.15) is 11.9 Å². The molecule has 1 aromatic heterocycles. The minimum Gasteiger partial charge on any atom is -0.465 e. The molecular weight excluding hydrogens is 359 g/mol. The van der Waals surface area contributed by atoms with Gasteiger partial charge in [-0.25, -0.2) is 9.18 Å². The highest BCUT2D eigenvalue weighted by Crippen LogP contribution is 2.25. The number of nitrogens with two attached hydrogens (primary N) is 1. The van der Waals surface area contributed by atoms with Crippen molar-refractivity contribution in [2.45, 2.75) is 32.0 Å². The zero-order valence-electron chi connectivity index (χ0n) is 14.6. The van der Waals surface area contributed by atoms with Gasteiger partial charge in [0.25, 0.3) is 11.8 Å². The number of rotatable bonds is 5. The van der Waals surface area contributed by atoms with Crippen molar-refractivity contribution in [3.8, 4) is 11.4 Å². The van der Waals surface area contributed by atoms with Gasteiger partial charge in [0.05, 0.1) is 11.7 Å². The van der Waals surface area contributed by atoms with Crippen LogP contribution in [0, 0.1) is 5.82 Å². The Morgan fingerprint density at radius 3 is 2.70 bits per heavy atom. The summed E-state index contributed by atoms with van der Waals surface area (Å²) < 4.78 is 25.0. The van der Waals surface area contributed by atoms with Crippen molar-refractivity contribution in [1.29, 1.82) is 0 Å². The third kappa shape index (κ3) is 4.22. The number of piperidine rings is 1. The lowest BCUT2D eigenvalue weighted by atomic mass is 10.1. The van der Waals surface area contributed by atoms with Crippen LogP contribution in [0.1, 0.15) is 42.1 Å². The average Bonchev–Trinajstić information content (AvgIpc) is 3.12. The molecule has 144 valence electrons. The number of benzene rings is 1. The molecule has 0 bridgehead atoms. The molecule has 27 heavy (non-hydrogen) atoms. The Bertz CT molecular complexity index is 848. The smallest absolute Gasteiger partial charge is 0.407 e. The fourth-order valence-electron chi connectivity index (χ4n) is 2.90. The van der Waals surface area contributed by atoms with E-state index in [1.807, 2.05) is 0 Å². The summed E-state index contributed by atoms with van der Waals surface area (Å²) in [6.45, 7) is 2.57. The Morgan fingerprint density at radius 2 is 2.11 bits per heavy atom. The molecule has 1 aliphatic heterocycles. The third-order valence-electron chi connectivity index (χ3n) is 4.39. The van der Waals surface area contributed by atoms with Crippen LogP contribution in [-0.2, 0) is 4.74 Å². The standard InChI is InChI=1S/C17H19FN4O5/c1-9(26-11-4-6-22(7-5-11)17(24)25)16-20-15(21-27-16)10-2-3-12(14(19)23)13(18)8-10/h2-3,8-9,11H,4-7H2,1H3,(H2,19,23)(H,24,25). The quantitative estimate of drug-likeness (QED) is 0.815. The fraction of sp³-hybridized carbons (Fsp3) is 0.412. The molecule has 3 N–H and O–H groups in total. The number of nitrogens with zero attached hydrogens (tertiary/aromatic N) is 3. The Hall–Kier alpha value is -3.01. The van der Waals surface area contributed by atoms with Gasteiger partial charge in [-0.3, -0.25) is 4.79 Å². The van der Waals surface area contributed by atoms with Crippen LogP contribution in [0.5, 0.6) is 0 Å². The molecule has 10 heteroatoms. The highest BCUT2D eigenvalue weighted by Gasteiger charge is 2.26. The maximum atomic E-state index is 13.9. The second-order valence-corrected chi connectivity index (χ2v) is 6.26. The normalized spacial score (nSPS) is 16.3. The van der Waals surface area contributed by atoms with E-state index >= 15 is 0 Å². The van der Waals surface area contributed by atoms with E-state index in [0.29, 0.717) is 31.5 Å². The van der Waals surface area contributed by atoms with Gasteiger partial charge >= 0.3 is 6.09 Å². The van der Waals surface area contributed by atoms with Gasteiger partial charge in [-0.15, -0.1) is 0 Å². The molecule has 3 rings (SSSR count). The molecule has 0 saturated carbocycles. The first-order chi connectivity index (χ1) is 12.8. The Labute approximate surface area is 153 Å². The Balaban J connectivity index is 1.64. The second kappa shape index (κ2) is 7.70. The van der Waals surface area contributed by atoms with Gasteiger partial charge in [0.15, 0.2) is 0 Å². The molecule has 1 fully saturated rings. The van der Waals surface area contributed by atoms with Crippen molar-refractivity contribution < 1.29 is 28.3 Å². The third-order valence-corrected chi connectivity index (χ3v) is 4.39. The number of amides is 2. The monoisotopic (exact) mass is 378 g/mol. The van der Waals surface area contributed by atoms with Crippen molar-refractivity contribution >= 4 is 12.0 Å². The molecular formula is C17H19FN4O5. The van der Waals surface area contributed by atoms with Crippen LogP contribution >= 0.6 is 0 Å². The topological polar surface area (TPSA) is 132 Å². The van der Waals surface area contributed by atoms with Gasteiger partial charge in [0, 0.05) is 18.7 Å². The number of carbonyl (C=O) groups is 2. The van der Waals surface area contributed by atoms with Gasteiger partial charge in [-0.1, -0.05) is 11.2 Å². The number of likely N-dealkylation sites (tertiary alicyclic amines) is 1. The Kier molecular flexibility index (Phi) is 5.36. The number of hydrogen-bond donors (Lipinski definition) is 2. The average molecular weight is 378 g/mol. The summed E-state index contributed by atoms with van der Waals surface area (Å²) in [6.07, 6.45) is -0.382. The molecule has 0 aliphatic carbocycles. The molecule has 2 amide bonds. The van der Waals surface area contributed by atoms with E-state index in [1.165, 1.54) is 17.0 Å². The van der Waals surface area contributed by atoms with Gasteiger partial charge in [0.2, 0.25) is 5.82 Å². The first kappa shape index (κ1) is 18.8. The van der Waals surface area contributed by atoms with E-state index in [1.54, 1.807) is 6.92 Å². The van der Waals surface area contributed by atoms with Crippen LogP contribution in [0.3, 0.4) is 0 Å². The van der Waals surface area contributed by atoms with Gasteiger partial charge in [-0.2, -0.15) is 4.98 Å². The van der Waals surface area contributed by atoms with E-state index in [2.05, 4.69) is 10.1 Å². The summed E-state index contributed by atoms with van der Waals surface area (Å²) in [6, 6.07) is 3.85. The number of carbonyl (C=O) groups excluding carboxylic acids is 1. The molecule has 2 heterocycles. The van der Waals surface area contributed by atoms with E-state index in [-0.39, 0.29) is 23.4 Å². The highest BCUT2D eigenvalue weighted by molar-refractivity contribution is 5.93. The maximum absolute atomic E-state index is 13.9. The zero-order valence-corrected chi connectivity index (χ0v) is 14.6.